The van der Waals surface area contributed by atoms with Gasteiger partial charge in [0.1, 0.15) is 5.75 Å². The molecule has 0 bridgehead atoms. The smallest absolute Gasteiger partial charge is 0.126 e. The van der Waals surface area contributed by atoms with Crippen LogP contribution in [-0.4, -0.2) is 13.7 Å². The van der Waals surface area contributed by atoms with Gasteiger partial charge in [-0.2, -0.15) is 0 Å². The minimum atomic E-state index is 0.665. The van der Waals surface area contributed by atoms with Crippen molar-refractivity contribution >= 4 is 0 Å². The van der Waals surface area contributed by atoms with Gasteiger partial charge in [0, 0.05) is 5.56 Å². The predicted molar refractivity (Wildman–Crippen MR) is 80.7 cm³/mol. The van der Waals surface area contributed by atoms with E-state index in [1.165, 1.54) is 22.3 Å². The van der Waals surface area contributed by atoms with Gasteiger partial charge in [-0.3, -0.25) is 0 Å². The Labute approximate surface area is 115 Å². The lowest BCUT2D eigenvalue weighted by Crippen LogP contribution is -2.03. The molecule has 100 valence electrons. The number of hydrogen-bond acceptors (Lipinski definition) is 2. The summed E-state index contributed by atoms with van der Waals surface area (Å²) in [4.78, 5) is 0. The first-order valence-electron chi connectivity index (χ1n) is 6.61. The molecule has 0 spiro atoms. The first-order chi connectivity index (χ1) is 9.17. The summed E-state index contributed by atoms with van der Waals surface area (Å²) in [5.74, 6) is 0.912. The highest BCUT2D eigenvalue weighted by molar-refractivity contribution is 5.74. The Morgan fingerprint density at radius 3 is 2.53 bits per heavy atom. The number of benzene rings is 2. The van der Waals surface area contributed by atoms with Gasteiger partial charge in [-0.25, -0.2) is 0 Å². The summed E-state index contributed by atoms with van der Waals surface area (Å²) in [5.41, 5.74) is 11.9. The fourth-order valence-corrected chi connectivity index (χ4v) is 2.33. The average molecular weight is 255 g/mol. The molecule has 2 aromatic carbocycles. The van der Waals surface area contributed by atoms with Crippen LogP contribution in [0.4, 0.5) is 0 Å². The summed E-state index contributed by atoms with van der Waals surface area (Å²) in [6.07, 6.45) is 0.891. The highest BCUT2D eigenvalue weighted by atomic mass is 16.5. The average Bonchev–Trinajstić information content (AvgIpc) is 2.42. The Morgan fingerprint density at radius 2 is 1.84 bits per heavy atom. The quantitative estimate of drug-likeness (QED) is 0.907. The molecule has 0 heterocycles. The highest BCUT2D eigenvalue weighted by Gasteiger charge is 2.10. The van der Waals surface area contributed by atoms with Gasteiger partial charge in [0.15, 0.2) is 0 Å². The molecule has 2 heteroatoms. The molecule has 2 rings (SSSR count). The van der Waals surface area contributed by atoms with E-state index in [1.807, 2.05) is 6.07 Å². The predicted octanol–water partition coefficient (Wildman–Crippen LogP) is 3.48. The summed E-state index contributed by atoms with van der Waals surface area (Å²) in [7, 11) is 1.71. The van der Waals surface area contributed by atoms with E-state index in [0.717, 1.165) is 17.7 Å². The Balaban J connectivity index is 2.58. The summed E-state index contributed by atoms with van der Waals surface area (Å²) >= 11 is 0. The van der Waals surface area contributed by atoms with Crippen molar-refractivity contribution in [1.29, 1.82) is 0 Å². The number of aryl methyl sites for hydroxylation is 1. The zero-order valence-electron chi connectivity index (χ0n) is 11.9. The van der Waals surface area contributed by atoms with Crippen LogP contribution in [0.2, 0.25) is 0 Å². The number of nitrogens with two attached hydrogens (primary N) is 1. The maximum absolute atomic E-state index is 5.64. The molecule has 0 amide bonds. The number of methoxy groups -OCH3 is 1. The molecule has 0 radical (unpaired) electrons. The van der Waals surface area contributed by atoms with E-state index in [-0.39, 0.29) is 0 Å². The van der Waals surface area contributed by atoms with Gasteiger partial charge in [-0.15, -0.1) is 0 Å². The largest absolute Gasteiger partial charge is 0.496 e. The molecule has 2 N–H and O–H groups in total. The van der Waals surface area contributed by atoms with E-state index in [4.69, 9.17) is 10.5 Å². The van der Waals surface area contributed by atoms with Crippen LogP contribution >= 0.6 is 0 Å². The van der Waals surface area contributed by atoms with Crippen LogP contribution in [0.15, 0.2) is 36.4 Å². The molecule has 0 atom stereocenters. The van der Waals surface area contributed by atoms with E-state index < -0.39 is 0 Å². The summed E-state index contributed by atoms with van der Waals surface area (Å²) in [6, 6.07) is 12.7. The van der Waals surface area contributed by atoms with Crippen molar-refractivity contribution in [2.75, 3.05) is 13.7 Å². The lowest BCUT2D eigenvalue weighted by atomic mass is 9.94. The Bertz CT molecular complexity index is 575. The van der Waals surface area contributed by atoms with Gasteiger partial charge in [-0.1, -0.05) is 24.3 Å². The molecule has 0 saturated carbocycles. The van der Waals surface area contributed by atoms with Crippen LogP contribution in [0.25, 0.3) is 11.1 Å². The molecule has 2 aromatic rings. The third-order valence-electron chi connectivity index (χ3n) is 3.59. The first-order valence-corrected chi connectivity index (χ1v) is 6.61. The maximum atomic E-state index is 5.64. The highest BCUT2D eigenvalue weighted by Crippen LogP contribution is 2.34. The van der Waals surface area contributed by atoms with Crippen LogP contribution < -0.4 is 10.5 Å². The molecule has 0 fully saturated rings. The lowest BCUT2D eigenvalue weighted by Gasteiger charge is -2.14. The molecule has 19 heavy (non-hydrogen) atoms. The topological polar surface area (TPSA) is 35.2 Å². The summed E-state index contributed by atoms with van der Waals surface area (Å²) in [6.45, 7) is 4.95. The molecule has 2 nitrogen and oxygen atoms in total. The van der Waals surface area contributed by atoms with Gasteiger partial charge in [-0.05, 0) is 61.2 Å². The Kier molecular flexibility index (Phi) is 4.23. The lowest BCUT2D eigenvalue weighted by molar-refractivity contribution is 0.416. The molecular formula is C17H21NO. The van der Waals surface area contributed by atoms with Crippen molar-refractivity contribution in [3.63, 3.8) is 0 Å². The molecule has 0 unspecified atom stereocenters. The van der Waals surface area contributed by atoms with Crippen LogP contribution in [-0.2, 0) is 6.42 Å². The van der Waals surface area contributed by atoms with Crippen LogP contribution in [0.3, 0.4) is 0 Å². The summed E-state index contributed by atoms with van der Waals surface area (Å²) in [5, 5.41) is 0. The first kappa shape index (κ1) is 13.6. The normalized spacial score (nSPS) is 10.5. The minimum absolute atomic E-state index is 0.665. The molecule has 0 aliphatic rings. The van der Waals surface area contributed by atoms with Crippen molar-refractivity contribution in [2.24, 2.45) is 5.73 Å². The molecule has 0 saturated heterocycles. The second kappa shape index (κ2) is 5.89. The van der Waals surface area contributed by atoms with E-state index in [2.05, 4.69) is 44.2 Å². The monoisotopic (exact) mass is 255 g/mol. The molecule has 0 aliphatic carbocycles. The van der Waals surface area contributed by atoms with Crippen molar-refractivity contribution in [2.45, 2.75) is 20.3 Å². The van der Waals surface area contributed by atoms with Gasteiger partial charge in [0.05, 0.1) is 7.11 Å². The Hall–Kier alpha value is -1.80. The number of hydrogen-bond donors (Lipinski definition) is 1. The van der Waals surface area contributed by atoms with Crippen LogP contribution in [0, 0.1) is 13.8 Å². The van der Waals surface area contributed by atoms with Gasteiger partial charge >= 0.3 is 0 Å². The van der Waals surface area contributed by atoms with Gasteiger partial charge in [0.25, 0.3) is 0 Å². The van der Waals surface area contributed by atoms with E-state index in [9.17, 15) is 0 Å². The number of rotatable bonds is 4. The zero-order valence-corrected chi connectivity index (χ0v) is 11.9. The van der Waals surface area contributed by atoms with Crippen LogP contribution in [0.1, 0.15) is 16.7 Å². The van der Waals surface area contributed by atoms with E-state index in [1.54, 1.807) is 7.11 Å². The standard InChI is InChI=1S/C17H21NO/c1-12-5-4-6-15(13(12)2)16-11-14(9-10-18)7-8-17(16)19-3/h4-8,11H,9-10,18H2,1-3H3. The molecular weight excluding hydrogens is 234 g/mol. The molecule has 0 aliphatic heterocycles. The van der Waals surface area contributed by atoms with Crippen molar-refractivity contribution < 1.29 is 4.74 Å². The number of ether oxygens (including phenoxy) is 1. The minimum Gasteiger partial charge on any atom is -0.496 e. The summed E-state index contributed by atoms with van der Waals surface area (Å²) < 4.78 is 5.50. The second-order valence-corrected chi connectivity index (χ2v) is 4.82. The molecule has 0 aromatic heterocycles. The van der Waals surface area contributed by atoms with Crippen LogP contribution in [0.5, 0.6) is 5.75 Å². The fraction of sp³-hybridized carbons (Fsp3) is 0.294. The van der Waals surface area contributed by atoms with Gasteiger partial charge in [0.2, 0.25) is 0 Å². The van der Waals surface area contributed by atoms with Gasteiger partial charge < -0.3 is 10.5 Å². The Morgan fingerprint density at radius 1 is 1.05 bits per heavy atom. The fourth-order valence-electron chi connectivity index (χ4n) is 2.33. The van der Waals surface area contributed by atoms with Crippen molar-refractivity contribution in [3.05, 3.63) is 53.1 Å². The SMILES string of the molecule is COc1ccc(CCN)cc1-c1cccc(C)c1C. The zero-order chi connectivity index (χ0) is 13.8. The third-order valence-corrected chi connectivity index (χ3v) is 3.59. The van der Waals surface area contributed by atoms with Crippen molar-refractivity contribution in [3.8, 4) is 16.9 Å². The van der Waals surface area contributed by atoms with E-state index >= 15 is 0 Å². The van der Waals surface area contributed by atoms with E-state index in [0.29, 0.717) is 6.54 Å². The second-order valence-electron chi connectivity index (χ2n) is 4.82. The van der Waals surface area contributed by atoms with Crippen molar-refractivity contribution in [1.82, 2.24) is 0 Å². The maximum Gasteiger partial charge on any atom is 0.126 e. The third kappa shape index (κ3) is 2.79.